The van der Waals surface area contributed by atoms with Crippen LogP contribution in [0.5, 0.6) is 0 Å². The number of benzene rings is 2. The third-order valence-corrected chi connectivity index (χ3v) is 3.87. The molecule has 0 saturated heterocycles. The van der Waals surface area contributed by atoms with E-state index in [1.807, 2.05) is 0 Å². The Kier molecular flexibility index (Phi) is 4.08. The fourth-order valence-corrected chi connectivity index (χ4v) is 2.54. The zero-order chi connectivity index (χ0) is 18.2. The maximum atomic E-state index is 12.6. The van der Waals surface area contributed by atoms with Gasteiger partial charge >= 0.3 is 6.18 Å². The van der Waals surface area contributed by atoms with Gasteiger partial charge in [-0.15, -0.1) is 0 Å². The number of halogens is 3. The van der Waals surface area contributed by atoms with Gasteiger partial charge in [0.1, 0.15) is 0 Å². The van der Waals surface area contributed by atoms with Crippen molar-refractivity contribution >= 4 is 22.5 Å². The van der Waals surface area contributed by atoms with Gasteiger partial charge in [0.15, 0.2) is 0 Å². The molecule has 0 bridgehead atoms. The van der Waals surface area contributed by atoms with Crippen molar-refractivity contribution in [2.75, 3.05) is 5.32 Å². The van der Waals surface area contributed by atoms with Gasteiger partial charge in [0, 0.05) is 24.2 Å². The third-order valence-electron chi connectivity index (χ3n) is 3.87. The number of anilines is 1. The number of fused-ring (bicyclic) bond motifs is 1. The van der Waals surface area contributed by atoms with Crippen LogP contribution in [-0.4, -0.2) is 10.5 Å². The lowest BCUT2D eigenvalue weighted by Crippen LogP contribution is -2.21. The molecule has 1 amide bonds. The minimum absolute atomic E-state index is 0.165. The lowest BCUT2D eigenvalue weighted by atomic mass is 10.1. The Morgan fingerprint density at radius 3 is 2.32 bits per heavy atom. The van der Waals surface area contributed by atoms with Gasteiger partial charge in [-0.25, -0.2) is 0 Å². The number of hydrogen-bond donors (Lipinski definition) is 1. The van der Waals surface area contributed by atoms with Crippen molar-refractivity contribution < 1.29 is 18.0 Å². The molecule has 0 atom stereocenters. The molecule has 25 heavy (non-hydrogen) atoms. The molecule has 1 aromatic heterocycles. The van der Waals surface area contributed by atoms with Crippen molar-refractivity contribution in [3.63, 3.8) is 0 Å². The lowest BCUT2D eigenvalue weighted by molar-refractivity contribution is -0.137. The molecule has 128 valence electrons. The Labute approximate surface area is 140 Å². The Balaban J connectivity index is 1.96. The molecule has 0 aliphatic carbocycles. The number of pyridine rings is 1. The van der Waals surface area contributed by atoms with Crippen LogP contribution >= 0.6 is 0 Å². The van der Waals surface area contributed by atoms with Gasteiger partial charge in [-0.05, 0) is 30.3 Å². The summed E-state index contributed by atoms with van der Waals surface area (Å²) in [4.78, 5) is 24.5. The SMILES string of the molecule is Cn1c(=O)cc(C(=O)Nc2ccc(C(F)(F)F)cc2)c2ccccc21. The van der Waals surface area contributed by atoms with E-state index in [0.29, 0.717) is 10.9 Å². The number of rotatable bonds is 2. The average molecular weight is 346 g/mol. The van der Waals surface area contributed by atoms with Crippen LogP contribution in [0, 0.1) is 0 Å². The fraction of sp³-hybridized carbons (Fsp3) is 0.111. The second kappa shape index (κ2) is 6.08. The zero-order valence-corrected chi connectivity index (χ0v) is 13.1. The highest BCUT2D eigenvalue weighted by Gasteiger charge is 2.30. The Hall–Kier alpha value is -3.09. The van der Waals surface area contributed by atoms with Crippen molar-refractivity contribution in [1.29, 1.82) is 0 Å². The van der Waals surface area contributed by atoms with Crippen LogP contribution in [0.1, 0.15) is 15.9 Å². The molecule has 0 fully saturated rings. The number of alkyl halides is 3. The van der Waals surface area contributed by atoms with E-state index in [2.05, 4.69) is 5.32 Å². The van der Waals surface area contributed by atoms with Crippen molar-refractivity contribution in [3.05, 3.63) is 76.1 Å². The van der Waals surface area contributed by atoms with E-state index in [4.69, 9.17) is 0 Å². The summed E-state index contributed by atoms with van der Waals surface area (Å²) in [5, 5.41) is 3.10. The first-order valence-electron chi connectivity index (χ1n) is 7.35. The van der Waals surface area contributed by atoms with Crippen LogP contribution in [0.3, 0.4) is 0 Å². The molecule has 1 N–H and O–H groups in total. The standard InChI is InChI=1S/C18H13F3N2O2/c1-23-15-5-3-2-4-13(15)14(10-16(23)24)17(25)22-12-8-6-11(7-9-12)18(19,20)21/h2-10H,1H3,(H,22,25). The van der Waals surface area contributed by atoms with Gasteiger partial charge < -0.3 is 9.88 Å². The fourth-order valence-electron chi connectivity index (χ4n) is 2.54. The van der Waals surface area contributed by atoms with Gasteiger partial charge in [-0.3, -0.25) is 9.59 Å². The van der Waals surface area contributed by atoms with E-state index in [0.717, 1.165) is 12.1 Å². The molecule has 0 spiro atoms. The Morgan fingerprint density at radius 1 is 1.04 bits per heavy atom. The Morgan fingerprint density at radius 2 is 1.68 bits per heavy atom. The summed E-state index contributed by atoms with van der Waals surface area (Å²) in [5.41, 5.74) is -0.185. The van der Waals surface area contributed by atoms with Crippen LogP contribution in [0.2, 0.25) is 0 Å². The van der Waals surface area contributed by atoms with Crippen LogP contribution < -0.4 is 10.9 Å². The smallest absolute Gasteiger partial charge is 0.322 e. The lowest BCUT2D eigenvalue weighted by Gasteiger charge is -2.11. The number of nitrogens with zero attached hydrogens (tertiary/aromatic N) is 1. The number of carbonyl (C=O) groups is 1. The number of aromatic nitrogens is 1. The van der Waals surface area contributed by atoms with Crippen molar-refractivity contribution in [3.8, 4) is 0 Å². The van der Waals surface area contributed by atoms with E-state index in [1.54, 1.807) is 31.3 Å². The summed E-state index contributed by atoms with van der Waals surface area (Å²) in [6.45, 7) is 0. The molecule has 0 aliphatic rings. The van der Waals surface area contributed by atoms with Crippen LogP contribution in [-0.2, 0) is 13.2 Å². The zero-order valence-electron chi connectivity index (χ0n) is 13.1. The molecule has 7 heteroatoms. The highest BCUT2D eigenvalue weighted by atomic mass is 19.4. The number of para-hydroxylation sites is 1. The second-order valence-electron chi connectivity index (χ2n) is 5.50. The third kappa shape index (κ3) is 3.26. The summed E-state index contributed by atoms with van der Waals surface area (Å²) in [6, 6.07) is 12.2. The molecule has 0 unspecified atom stereocenters. The number of hydrogen-bond acceptors (Lipinski definition) is 2. The second-order valence-corrected chi connectivity index (χ2v) is 5.50. The molecule has 1 heterocycles. The highest BCUT2D eigenvalue weighted by molar-refractivity contribution is 6.12. The quantitative estimate of drug-likeness (QED) is 0.767. The largest absolute Gasteiger partial charge is 0.416 e. The minimum atomic E-state index is -4.44. The van der Waals surface area contributed by atoms with Gasteiger partial charge in [-0.2, -0.15) is 13.2 Å². The predicted octanol–water partition coefficient (Wildman–Crippen LogP) is 3.81. The van der Waals surface area contributed by atoms with Crippen LogP contribution in [0.15, 0.2) is 59.4 Å². The molecule has 0 radical (unpaired) electrons. The van der Waals surface area contributed by atoms with Gasteiger partial charge in [-0.1, -0.05) is 18.2 Å². The first kappa shape index (κ1) is 16.8. The summed E-state index contributed by atoms with van der Waals surface area (Å²) >= 11 is 0. The molecule has 3 rings (SSSR count). The van der Waals surface area contributed by atoms with Crippen LogP contribution in [0.4, 0.5) is 18.9 Å². The van der Waals surface area contributed by atoms with Crippen molar-refractivity contribution in [2.24, 2.45) is 7.05 Å². The van der Waals surface area contributed by atoms with Crippen molar-refractivity contribution in [1.82, 2.24) is 4.57 Å². The first-order valence-corrected chi connectivity index (χ1v) is 7.35. The van der Waals surface area contributed by atoms with Crippen LogP contribution in [0.25, 0.3) is 10.9 Å². The van der Waals surface area contributed by atoms with E-state index in [9.17, 15) is 22.8 Å². The number of nitrogens with one attached hydrogen (secondary N) is 1. The number of aryl methyl sites for hydroxylation is 1. The molecule has 0 saturated carbocycles. The molecular weight excluding hydrogens is 333 g/mol. The summed E-state index contributed by atoms with van der Waals surface area (Å²) in [6.07, 6.45) is -4.44. The maximum absolute atomic E-state index is 12.6. The summed E-state index contributed by atoms with van der Waals surface area (Å²) < 4.78 is 39.2. The normalized spacial score (nSPS) is 11.5. The molecule has 0 aliphatic heterocycles. The van der Waals surface area contributed by atoms with Gasteiger partial charge in [0.05, 0.1) is 16.6 Å². The van der Waals surface area contributed by atoms with Gasteiger partial charge in [0.25, 0.3) is 11.5 Å². The first-order chi connectivity index (χ1) is 11.8. The predicted molar refractivity (Wildman–Crippen MR) is 88.6 cm³/mol. The van der Waals surface area contributed by atoms with E-state index < -0.39 is 17.6 Å². The molecule has 3 aromatic rings. The topological polar surface area (TPSA) is 51.1 Å². The monoisotopic (exact) mass is 346 g/mol. The molecular formula is C18H13F3N2O2. The van der Waals surface area contributed by atoms with E-state index in [-0.39, 0.29) is 16.8 Å². The highest BCUT2D eigenvalue weighted by Crippen LogP contribution is 2.30. The summed E-state index contributed by atoms with van der Waals surface area (Å²) in [7, 11) is 1.60. The molecule has 2 aromatic carbocycles. The summed E-state index contributed by atoms with van der Waals surface area (Å²) in [5.74, 6) is -0.561. The molecule has 4 nitrogen and oxygen atoms in total. The van der Waals surface area contributed by atoms with Crippen molar-refractivity contribution in [2.45, 2.75) is 6.18 Å². The van der Waals surface area contributed by atoms with E-state index >= 15 is 0 Å². The Bertz CT molecular complexity index is 1010. The maximum Gasteiger partial charge on any atom is 0.416 e. The average Bonchev–Trinajstić information content (AvgIpc) is 2.57. The number of carbonyl (C=O) groups excluding carboxylic acids is 1. The minimum Gasteiger partial charge on any atom is -0.322 e. The number of amides is 1. The van der Waals surface area contributed by atoms with E-state index in [1.165, 1.54) is 22.8 Å². The van der Waals surface area contributed by atoms with Gasteiger partial charge in [0.2, 0.25) is 0 Å².